The Labute approximate surface area is 210 Å². The highest BCUT2D eigenvalue weighted by molar-refractivity contribution is 7.20. The zero-order valence-corrected chi connectivity index (χ0v) is 20.2. The molecule has 5 rings (SSSR count). The summed E-state index contributed by atoms with van der Waals surface area (Å²) in [5.74, 6) is -0.693. The molecule has 2 amide bonds. The lowest BCUT2D eigenvalue weighted by atomic mass is 10.2. The van der Waals surface area contributed by atoms with E-state index in [1.165, 1.54) is 23.5 Å². The van der Waals surface area contributed by atoms with Crippen LogP contribution in [0.3, 0.4) is 0 Å². The maximum Gasteiger partial charge on any atom is 0.261 e. The molecule has 0 aliphatic carbocycles. The Hall–Kier alpha value is -4.37. The van der Waals surface area contributed by atoms with Crippen LogP contribution in [-0.2, 0) is 13.1 Å². The van der Waals surface area contributed by atoms with Crippen LogP contribution in [-0.4, -0.2) is 26.6 Å². The summed E-state index contributed by atoms with van der Waals surface area (Å²) in [7, 11) is 0. The van der Waals surface area contributed by atoms with Gasteiger partial charge in [-0.2, -0.15) is 5.10 Å². The fraction of sp³-hybridized carbons (Fsp3) is 0.111. The quantitative estimate of drug-likeness (QED) is 0.323. The van der Waals surface area contributed by atoms with E-state index in [0.29, 0.717) is 29.2 Å². The lowest BCUT2D eigenvalue weighted by molar-refractivity contribution is 0.0954. The van der Waals surface area contributed by atoms with Crippen LogP contribution in [0.15, 0.2) is 79.1 Å². The molecule has 7 nitrogen and oxygen atoms in total. The van der Waals surface area contributed by atoms with Gasteiger partial charge in [0.1, 0.15) is 10.6 Å². The number of nitrogens with one attached hydrogen (secondary N) is 2. The van der Waals surface area contributed by atoms with Gasteiger partial charge in [-0.3, -0.25) is 19.3 Å². The van der Waals surface area contributed by atoms with Gasteiger partial charge in [-0.1, -0.05) is 24.3 Å². The van der Waals surface area contributed by atoms with Crippen molar-refractivity contribution >= 4 is 39.1 Å². The van der Waals surface area contributed by atoms with Crippen LogP contribution in [0.4, 0.5) is 10.1 Å². The Morgan fingerprint density at radius 1 is 0.972 bits per heavy atom. The molecule has 0 spiro atoms. The van der Waals surface area contributed by atoms with Crippen LogP contribution < -0.4 is 10.6 Å². The molecule has 9 heteroatoms. The largest absolute Gasteiger partial charge is 0.347 e. The molecule has 0 unspecified atom stereocenters. The molecule has 0 aliphatic rings. The van der Waals surface area contributed by atoms with Crippen molar-refractivity contribution in [3.05, 3.63) is 112 Å². The molecule has 3 aromatic heterocycles. The minimum atomic E-state index is -0.280. The van der Waals surface area contributed by atoms with Gasteiger partial charge in [-0.25, -0.2) is 4.39 Å². The average molecular weight is 500 g/mol. The number of amides is 2. The number of carbonyl (C=O) groups excluding carboxylic acids is 2. The van der Waals surface area contributed by atoms with E-state index in [0.717, 1.165) is 27.0 Å². The molecule has 36 heavy (non-hydrogen) atoms. The Balaban J connectivity index is 1.25. The molecular formula is C27H22FN5O2S. The summed E-state index contributed by atoms with van der Waals surface area (Å²) in [6, 6.07) is 18.8. The van der Waals surface area contributed by atoms with Crippen LogP contribution in [0.5, 0.6) is 0 Å². The number of thiophene rings is 1. The highest BCUT2D eigenvalue weighted by atomic mass is 32.1. The van der Waals surface area contributed by atoms with Gasteiger partial charge < -0.3 is 10.6 Å². The molecule has 0 saturated carbocycles. The first kappa shape index (κ1) is 23.4. The van der Waals surface area contributed by atoms with Crippen LogP contribution in [0.1, 0.15) is 36.9 Å². The van der Waals surface area contributed by atoms with E-state index in [-0.39, 0.29) is 17.6 Å². The topological polar surface area (TPSA) is 88.9 Å². The Morgan fingerprint density at radius 2 is 1.75 bits per heavy atom. The molecule has 180 valence electrons. The summed E-state index contributed by atoms with van der Waals surface area (Å²) in [5, 5.41) is 11.3. The van der Waals surface area contributed by atoms with E-state index < -0.39 is 0 Å². The molecule has 0 radical (unpaired) electrons. The van der Waals surface area contributed by atoms with Crippen LogP contribution >= 0.6 is 11.3 Å². The monoisotopic (exact) mass is 499 g/mol. The first-order valence-corrected chi connectivity index (χ1v) is 12.1. The van der Waals surface area contributed by atoms with Crippen molar-refractivity contribution in [1.82, 2.24) is 20.1 Å². The summed E-state index contributed by atoms with van der Waals surface area (Å²) in [6.07, 6.45) is 3.13. The van der Waals surface area contributed by atoms with Crippen molar-refractivity contribution < 1.29 is 14.0 Å². The molecule has 0 bridgehead atoms. The molecule has 0 atom stereocenters. The number of carbonyl (C=O) groups is 2. The molecular weight excluding hydrogens is 477 g/mol. The third kappa shape index (κ3) is 5.16. The fourth-order valence-electron chi connectivity index (χ4n) is 3.83. The summed E-state index contributed by atoms with van der Waals surface area (Å²) in [4.78, 5) is 30.7. The molecule has 0 fully saturated rings. The normalized spacial score (nSPS) is 10.9. The van der Waals surface area contributed by atoms with E-state index >= 15 is 0 Å². The molecule has 3 heterocycles. The Kier molecular flexibility index (Phi) is 6.55. The number of aromatic nitrogens is 3. The smallest absolute Gasteiger partial charge is 0.261 e. The molecule has 2 aromatic carbocycles. The van der Waals surface area contributed by atoms with E-state index in [9.17, 15) is 14.0 Å². The lowest BCUT2D eigenvalue weighted by Crippen LogP contribution is -2.22. The van der Waals surface area contributed by atoms with E-state index in [4.69, 9.17) is 0 Å². The number of aryl methyl sites for hydroxylation is 1. The number of rotatable bonds is 7. The van der Waals surface area contributed by atoms with Crippen LogP contribution in [0.2, 0.25) is 0 Å². The van der Waals surface area contributed by atoms with E-state index in [1.807, 2.05) is 35.9 Å². The maximum absolute atomic E-state index is 13.2. The number of nitrogens with zero attached hydrogens (tertiary/aromatic N) is 3. The second kappa shape index (κ2) is 10.1. The van der Waals surface area contributed by atoms with Gasteiger partial charge in [-0.05, 0) is 60.5 Å². The first-order valence-electron chi connectivity index (χ1n) is 11.3. The second-order valence-electron chi connectivity index (χ2n) is 8.27. The van der Waals surface area contributed by atoms with Crippen molar-refractivity contribution in [3.8, 4) is 0 Å². The van der Waals surface area contributed by atoms with Gasteiger partial charge in [0.2, 0.25) is 0 Å². The summed E-state index contributed by atoms with van der Waals surface area (Å²) < 4.78 is 15.1. The van der Waals surface area contributed by atoms with E-state index in [2.05, 4.69) is 20.7 Å². The third-order valence-electron chi connectivity index (χ3n) is 5.66. The van der Waals surface area contributed by atoms with Gasteiger partial charge in [0.05, 0.1) is 17.1 Å². The van der Waals surface area contributed by atoms with Crippen molar-refractivity contribution in [2.24, 2.45) is 0 Å². The third-order valence-corrected chi connectivity index (χ3v) is 6.80. The standard InChI is InChI=1S/C27H22FN5O2S/c1-17-23-14-24(36-27(23)33(32-17)16-18-5-7-21(28)8-6-18)26(35)30-15-19-3-2-4-22(13-19)31-25(34)20-9-11-29-12-10-20/h2-14H,15-16H2,1H3,(H,30,35)(H,31,34). The second-order valence-corrected chi connectivity index (χ2v) is 9.30. The van der Waals surface area contributed by atoms with Gasteiger partial charge >= 0.3 is 0 Å². The predicted octanol–water partition coefficient (Wildman–Crippen LogP) is 5.17. The Bertz CT molecular complexity index is 1540. The number of fused-ring (bicyclic) bond motifs is 1. The number of pyridine rings is 1. The van der Waals surface area contributed by atoms with Crippen LogP contribution in [0, 0.1) is 12.7 Å². The number of benzene rings is 2. The highest BCUT2D eigenvalue weighted by Crippen LogP contribution is 2.29. The van der Waals surface area contributed by atoms with Crippen molar-refractivity contribution in [3.63, 3.8) is 0 Å². The summed E-state index contributed by atoms with van der Waals surface area (Å²) in [5.41, 5.74) is 3.77. The molecule has 5 aromatic rings. The number of halogens is 1. The number of anilines is 1. The predicted molar refractivity (Wildman–Crippen MR) is 138 cm³/mol. The SMILES string of the molecule is Cc1nn(Cc2ccc(F)cc2)c2sc(C(=O)NCc3cccc(NC(=O)c4ccncc4)c3)cc12. The number of hydrogen-bond acceptors (Lipinski definition) is 5. The molecule has 0 aliphatic heterocycles. The summed E-state index contributed by atoms with van der Waals surface area (Å²) >= 11 is 1.37. The average Bonchev–Trinajstić information content (AvgIpc) is 3.46. The molecule has 2 N–H and O–H groups in total. The minimum absolute atomic E-state index is 0.185. The zero-order valence-electron chi connectivity index (χ0n) is 19.4. The fourth-order valence-corrected chi connectivity index (χ4v) is 4.91. The van der Waals surface area contributed by atoms with Crippen molar-refractivity contribution in [2.45, 2.75) is 20.0 Å². The van der Waals surface area contributed by atoms with Crippen molar-refractivity contribution in [1.29, 1.82) is 0 Å². The molecule has 0 saturated heterocycles. The first-order chi connectivity index (χ1) is 17.5. The highest BCUT2D eigenvalue weighted by Gasteiger charge is 2.17. The Morgan fingerprint density at radius 3 is 2.53 bits per heavy atom. The lowest BCUT2D eigenvalue weighted by Gasteiger charge is -2.08. The van der Waals surface area contributed by atoms with Gasteiger partial charge in [-0.15, -0.1) is 11.3 Å². The van der Waals surface area contributed by atoms with Gasteiger partial charge in [0, 0.05) is 35.6 Å². The summed E-state index contributed by atoms with van der Waals surface area (Å²) in [6.45, 7) is 2.71. The zero-order chi connectivity index (χ0) is 25.1. The minimum Gasteiger partial charge on any atom is -0.347 e. The van der Waals surface area contributed by atoms with E-state index in [1.54, 1.807) is 42.7 Å². The van der Waals surface area contributed by atoms with Crippen molar-refractivity contribution in [2.75, 3.05) is 5.32 Å². The van der Waals surface area contributed by atoms with Gasteiger partial charge in [0.15, 0.2) is 0 Å². The van der Waals surface area contributed by atoms with Crippen LogP contribution in [0.25, 0.3) is 10.2 Å². The maximum atomic E-state index is 13.2. The number of hydrogen-bond donors (Lipinski definition) is 2. The van der Waals surface area contributed by atoms with Gasteiger partial charge in [0.25, 0.3) is 11.8 Å².